The molecule has 1 saturated heterocycles. The Hall–Kier alpha value is -2.67. The van der Waals surface area contributed by atoms with Crippen molar-refractivity contribution in [2.24, 2.45) is 0 Å². The van der Waals surface area contributed by atoms with Crippen molar-refractivity contribution in [3.63, 3.8) is 0 Å². The van der Waals surface area contributed by atoms with Crippen LogP contribution in [0.25, 0.3) is 10.6 Å². The third kappa shape index (κ3) is 3.03. The Bertz CT molecular complexity index is 867. The largest absolute Gasteiger partial charge is 0.372 e. The first-order chi connectivity index (χ1) is 11.8. The van der Waals surface area contributed by atoms with Crippen molar-refractivity contribution in [2.75, 3.05) is 23.3 Å². The molecule has 1 aliphatic heterocycles. The van der Waals surface area contributed by atoms with Gasteiger partial charge >= 0.3 is 0 Å². The first kappa shape index (κ1) is 14.9. The van der Waals surface area contributed by atoms with Crippen molar-refractivity contribution < 1.29 is 0 Å². The Morgan fingerprint density at radius 3 is 2.54 bits per heavy atom. The van der Waals surface area contributed by atoms with Crippen LogP contribution < -0.4 is 15.8 Å². The minimum absolute atomic E-state index is 0.247. The second-order valence-electron chi connectivity index (χ2n) is 5.69. The van der Waals surface area contributed by atoms with Gasteiger partial charge in [0.2, 0.25) is 5.95 Å². The lowest BCUT2D eigenvalue weighted by Crippen LogP contribution is -2.17. The average molecular weight is 339 g/mol. The van der Waals surface area contributed by atoms with Gasteiger partial charge in [-0.3, -0.25) is 9.78 Å². The summed E-state index contributed by atoms with van der Waals surface area (Å²) >= 11 is 1.47. The van der Waals surface area contributed by atoms with Gasteiger partial charge in [0.15, 0.2) is 5.69 Å². The normalized spacial score (nSPS) is 14.1. The summed E-state index contributed by atoms with van der Waals surface area (Å²) in [4.78, 5) is 18.1. The number of aromatic nitrogens is 3. The molecule has 24 heavy (non-hydrogen) atoms. The van der Waals surface area contributed by atoms with Crippen molar-refractivity contribution in [1.29, 1.82) is 0 Å². The highest BCUT2D eigenvalue weighted by atomic mass is 32.1. The SMILES string of the molecule is O=c1[nH]c(Nc2ccc(N3CCCC3)cc2)nnc1-c1cccs1. The van der Waals surface area contributed by atoms with E-state index >= 15 is 0 Å². The standard InChI is InChI=1S/C17H17N5OS/c23-16-15(14-4-3-11-24-14)20-21-17(19-16)18-12-5-7-13(8-6-12)22-9-1-2-10-22/h3-8,11H,1-2,9-10H2,(H2,18,19,21,23). The van der Waals surface area contributed by atoms with Gasteiger partial charge in [-0.1, -0.05) is 6.07 Å². The molecule has 3 aromatic rings. The Balaban J connectivity index is 1.51. The molecule has 0 amide bonds. The van der Waals surface area contributed by atoms with Crippen molar-refractivity contribution in [3.8, 4) is 10.6 Å². The molecule has 4 rings (SSSR count). The van der Waals surface area contributed by atoms with E-state index in [1.807, 2.05) is 29.6 Å². The van der Waals surface area contributed by atoms with E-state index in [9.17, 15) is 4.79 Å². The molecular weight excluding hydrogens is 322 g/mol. The van der Waals surface area contributed by atoms with Crippen LogP contribution >= 0.6 is 11.3 Å². The predicted molar refractivity (Wildman–Crippen MR) is 97.1 cm³/mol. The third-order valence-corrected chi connectivity index (χ3v) is 4.93. The highest BCUT2D eigenvalue weighted by Gasteiger charge is 2.12. The van der Waals surface area contributed by atoms with Crippen LogP contribution in [0, 0.1) is 0 Å². The summed E-state index contributed by atoms with van der Waals surface area (Å²) in [5, 5.41) is 13.1. The summed E-state index contributed by atoms with van der Waals surface area (Å²) in [7, 11) is 0. The van der Waals surface area contributed by atoms with E-state index < -0.39 is 0 Å². The number of aromatic amines is 1. The van der Waals surface area contributed by atoms with Gasteiger partial charge in [0.1, 0.15) is 0 Å². The van der Waals surface area contributed by atoms with Gasteiger partial charge in [-0.05, 0) is 48.6 Å². The highest BCUT2D eigenvalue weighted by Crippen LogP contribution is 2.23. The van der Waals surface area contributed by atoms with E-state index in [1.165, 1.54) is 29.9 Å². The number of H-pyrrole nitrogens is 1. The summed E-state index contributed by atoms with van der Waals surface area (Å²) in [5.41, 5.74) is 2.20. The van der Waals surface area contributed by atoms with Gasteiger partial charge < -0.3 is 10.2 Å². The van der Waals surface area contributed by atoms with E-state index in [0.29, 0.717) is 11.6 Å². The minimum atomic E-state index is -0.247. The maximum Gasteiger partial charge on any atom is 0.280 e. The zero-order chi connectivity index (χ0) is 16.4. The summed E-state index contributed by atoms with van der Waals surface area (Å²) in [6, 6.07) is 11.9. The number of nitrogens with one attached hydrogen (secondary N) is 2. The molecule has 0 aliphatic carbocycles. The maximum absolute atomic E-state index is 12.2. The molecule has 0 atom stereocenters. The topological polar surface area (TPSA) is 73.9 Å². The van der Waals surface area contributed by atoms with Crippen LogP contribution in [0.4, 0.5) is 17.3 Å². The second kappa shape index (κ2) is 6.45. The summed E-state index contributed by atoms with van der Waals surface area (Å²) in [6.45, 7) is 2.24. The monoisotopic (exact) mass is 339 g/mol. The van der Waals surface area contributed by atoms with Gasteiger partial charge in [-0.2, -0.15) is 0 Å². The molecule has 6 nitrogen and oxygen atoms in total. The third-order valence-electron chi connectivity index (χ3n) is 4.05. The van der Waals surface area contributed by atoms with Gasteiger partial charge in [-0.15, -0.1) is 21.5 Å². The van der Waals surface area contributed by atoms with Crippen LogP contribution in [0.3, 0.4) is 0 Å². The van der Waals surface area contributed by atoms with Crippen molar-refractivity contribution in [1.82, 2.24) is 15.2 Å². The van der Waals surface area contributed by atoms with Crippen LogP contribution in [0.1, 0.15) is 12.8 Å². The van der Waals surface area contributed by atoms with Crippen LogP contribution in [-0.4, -0.2) is 28.3 Å². The van der Waals surface area contributed by atoms with Crippen LogP contribution in [-0.2, 0) is 0 Å². The molecule has 0 bridgehead atoms. The number of rotatable bonds is 4. The highest BCUT2D eigenvalue weighted by molar-refractivity contribution is 7.13. The van der Waals surface area contributed by atoms with E-state index in [-0.39, 0.29) is 5.56 Å². The van der Waals surface area contributed by atoms with Crippen LogP contribution in [0.2, 0.25) is 0 Å². The first-order valence-corrected chi connectivity index (χ1v) is 8.80. The van der Waals surface area contributed by atoms with Crippen molar-refractivity contribution in [3.05, 3.63) is 52.1 Å². The van der Waals surface area contributed by atoms with Gasteiger partial charge in [0, 0.05) is 24.5 Å². The summed E-state index contributed by atoms with van der Waals surface area (Å²) in [6.07, 6.45) is 2.51. The molecule has 122 valence electrons. The number of nitrogens with zero attached hydrogens (tertiary/aromatic N) is 3. The smallest absolute Gasteiger partial charge is 0.280 e. The lowest BCUT2D eigenvalue weighted by atomic mass is 10.2. The lowest BCUT2D eigenvalue weighted by molar-refractivity contribution is 0.949. The quantitative estimate of drug-likeness (QED) is 0.763. The van der Waals surface area contributed by atoms with Crippen LogP contribution in [0.5, 0.6) is 0 Å². The molecular formula is C17H17N5OS. The fraction of sp³-hybridized carbons (Fsp3) is 0.235. The molecule has 0 spiro atoms. The van der Waals surface area contributed by atoms with E-state index in [1.54, 1.807) is 0 Å². The number of hydrogen-bond acceptors (Lipinski definition) is 6. The summed E-state index contributed by atoms with van der Waals surface area (Å²) < 4.78 is 0. The molecule has 0 radical (unpaired) electrons. The minimum Gasteiger partial charge on any atom is -0.372 e. The predicted octanol–water partition coefficient (Wildman–Crippen LogP) is 3.24. The average Bonchev–Trinajstić information content (AvgIpc) is 3.30. The molecule has 2 N–H and O–H groups in total. The first-order valence-electron chi connectivity index (χ1n) is 7.92. The zero-order valence-electron chi connectivity index (χ0n) is 13.0. The van der Waals surface area contributed by atoms with E-state index in [4.69, 9.17) is 0 Å². The van der Waals surface area contributed by atoms with Gasteiger partial charge in [0.05, 0.1) is 4.88 Å². The number of thiophene rings is 1. The molecule has 1 fully saturated rings. The molecule has 0 saturated carbocycles. The van der Waals surface area contributed by atoms with Gasteiger partial charge in [0.25, 0.3) is 5.56 Å². The Morgan fingerprint density at radius 1 is 1.08 bits per heavy atom. The Morgan fingerprint density at radius 2 is 1.88 bits per heavy atom. The number of anilines is 3. The fourth-order valence-electron chi connectivity index (χ4n) is 2.84. The van der Waals surface area contributed by atoms with Crippen molar-refractivity contribution in [2.45, 2.75) is 12.8 Å². The van der Waals surface area contributed by atoms with E-state index in [0.717, 1.165) is 23.7 Å². The Labute approximate surface area is 143 Å². The molecule has 3 heterocycles. The van der Waals surface area contributed by atoms with Gasteiger partial charge in [-0.25, -0.2) is 0 Å². The maximum atomic E-state index is 12.2. The zero-order valence-corrected chi connectivity index (χ0v) is 13.8. The molecule has 2 aromatic heterocycles. The number of hydrogen-bond donors (Lipinski definition) is 2. The molecule has 7 heteroatoms. The molecule has 0 unspecified atom stereocenters. The number of benzene rings is 1. The van der Waals surface area contributed by atoms with E-state index in [2.05, 4.69) is 37.5 Å². The van der Waals surface area contributed by atoms with Crippen molar-refractivity contribution >= 4 is 28.7 Å². The molecule has 1 aliphatic rings. The lowest BCUT2D eigenvalue weighted by Gasteiger charge is -2.17. The fourth-order valence-corrected chi connectivity index (χ4v) is 3.54. The summed E-state index contributed by atoms with van der Waals surface area (Å²) in [5.74, 6) is 0.342. The van der Waals surface area contributed by atoms with Crippen LogP contribution in [0.15, 0.2) is 46.6 Å². The second-order valence-corrected chi connectivity index (χ2v) is 6.64. The Kier molecular flexibility index (Phi) is 4.00. The molecule has 1 aromatic carbocycles.